The van der Waals surface area contributed by atoms with E-state index < -0.39 is 4.92 Å². The van der Waals surface area contributed by atoms with Crippen LogP contribution >= 0.6 is 11.6 Å². The molecule has 1 aromatic rings. The minimum absolute atomic E-state index is 0.0924. The topological polar surface area (TPSA) is 63.5 Å². The predicted molar refractivity (Wildman–Crippen MR) is 74.5 cm³/mol. The number of nitrogens with zero attached hydrogens (tertiary/aromatic N) is 2. The lowest BCUT2D eigenvalue weighted by Crippen LogP contribution is -2.27. The number of nitro benzene ring substituents is 1. The van der Waals surface area contributed by atoms with E-state index in [4.69, 9.17) is 11.6 Å². The Labute approximate surface area is 116 Å². The van der Waals surface area contributed by atoms with E-state index >= 15 is 0 Å². The van der Waals surface area contributed by atoms with Gasteiger partial charge in [-0.15, -0.1) is 6.58 Å². The van der Waals surface area contributed by atoms with E-state index in [1.165, 1.54) is 23.1 Å². The molecule has 0 bridgehead atoms. The molecule has 0 aliphatic carbocycles. The van der Waals surface area contributed by atoms with Gasteiger partial charge in [0.1, 0.15) is 0 Å². The fraction of sp³-hybridized carbons (Fsp3) is 0.308. The SMILES string of the molecule is C=CCCCN(C)C(=O)c1ccc([N+](=O)[O-])cc1Cl. The van der Waals surface area contributed by atoms with Crippen LogP contribution in [-0.2, 0) is 0 Å². The Balaban J connectivity index is 2.82. The van der Waals surface area contributed by atoms with Gasteiger partial charge in [-0.3, -0.25) is 14.9 Å². The minimum Gasteiger partial charge on any atom is -0.342 e. The first-order chi connectivity index (χ1) is 8.97. The van der Waals surface area contributed by atoms with E-state index in [-0.39, 0.29) is 22.2 Å². The second-order valence-corrected chi connectivity index (χ2v) is 4.49. The standard InChI is InChI=1S/C13H15ClN2O3/c1-3-4-5-8-15(2)13(17)11-7-6-10(16(18)19)9-12(11)14/h3,6-7,9H,1,4-5,8H2,2H3. The zero-order valence-electron chi connectivity index (χ0n) is 10.6. The molecule has 0 atom stereocenters. The summed E-state index contributed by atoms with van der Waals surface area (Å²) in [7, 11) is 1.67. The number of allylic oxidation sites excluding steroid dienone is 1. The summed E-state index contributed by atoms with van der Waals surface area (Å²) in [4.78, 5) is 23.7. The van der Waals surface area contributed by atoms with E-state index in [2.05, 4.69) is 6.58 Å². The van der Waals surface area contributed by atoms with Crippen LogP contribution in [0.1, 0.15) is 23.2 Å². The second kappa shape index (κ2) is 6.89. The van der Waals surface area contributed by atoms with Gasteiger partial charge in [-0.1, -0.05) is 17.7 Å². The van der Waals surface area contributed by atoms with Gasteiger partial charge < -0.3 is 4.90 Å². The molecule has 0 saturated heterocycles. The van der Waals surface area contributed by atoms with Crippen molar-refractivity contribution in [1.82, 2.24) is 4.90 Å². The molecule has 102 valence electrons. The molecule has 0 unspecified atom stereocenters. The van der Waals surface area contributed by atoms with Crippen LogP contribution in [0.2, 0.25) is 5.02 Å². The third kappa shape index (κ3) is 4.06. The molecule has 0 heterocycles. The van der Waals surface area contributed by atoms with Crippen LogP contribution in [-0.4, -0.2) is 29.3 Å². The summed E-state index contributed by atoms with van der Waals surface area (Å²) in [6.07, 6.45) is 3.43. The summed E-state index contributed by atoms with van der Waals surface area (Å²) in [6.45, 7) is 4.19. The lowest BCUT2D eigenvalue weighted by Gasteiger charge is -2.17. The maximum Gasteiger partial charge on any atom is 0.270 e. The maximum atomic E-state index is 12.1. The van der Waals surface area contributed by atoms with Crippen molar-refractivity contribution in [3.8, 4) is 0 Å². The zero-order chi connectivity index (χ0) is 14.4. The molecule has 0 spiro atoms. The van der Waals surface area contributed by atoms with E-state index in [1.54, 1.807) is 13.1 Å². The summed E-state index contributed by atoms with van der Waals surface area (Å²) < 4.78 is 0. The van der Waals surface area contributed by atoms with Gasteiger partial charge in [0, 0.05) is 25.7 Å². The average Bonchev–Trinajstić information content (AvgIpc) is 2.37. The van der Waals surface area contributed by atoms with Gasteiger partial charge in [0.25, 0.3) is 11.6 Å². The van der Waals surface area contributed by atoms with Crippen molar-refractivity contribution in [1.29, 1.82) is 0 Å². The molecule has 0 aliphatic rings. The van der Waals surface area contributed by atoms with Crippen molar-refractivity contribution in [3.63, 3.8) is 0 Å². The third-order valence-corrected chi connectivity index (χ3v) is 2.96. The first-order valence-electron chi connectivity index (χ1n) is 5.77. The van der Waals surface area contributed by atoms with Crippen molar-refractivity contribution in [2.75, 3.05) is 13.6 Å². The molecular weight excluding hydrogens is 268 g/mol. The van der Waals surface area contributed by atoms with Gasteiger partial charge in [0.15, 0.2) is 0 Å². The summed E-state index contributed by atoms with van der Waals surface area (Å²) in [5.74, 6) is -0.246. The predicted octanol–water partition coefficient (Wildman–Crippen LogP) is 3.29. The van der Waals surface area contributed by atoms with Gasteiger partial charge in [0.05, 0.1) is 15.5 Å². The van der Waals surface area contributed by atoms with Crippen LogP contribution in [0.4, 0.5) is 5.69 Å². The summed E-state index contributed by atoms with van der Waals surface area (Å²) in [6, 6.07) is 3.84. The van der Waals surface area contributed by atoms with Crippen LogP contribution in [0.25, 0.3) is 0 Å². The van der Waals surface area contributed by atoms with Crippen LogP contribution in [0.15, 0.2) is 30.9 Å². The van der Waals surface area contributed by atoms with Gasteiger partial charge in [-0.2, -0.15) is 0 Å². The monoisotopic (exact) mass is 282 g/mol. The molecule has 5 nitrogen and oxygen atoms in total. The Hall–Kier alpha value is -1.88. The number of hydrogen-bond acceptors (Lipinski definition) is 3. The molecule has 1 aromatic carbocycles. The maximum absolute atomic E-state index is 12.1. The smallest absolute Gasteiger partial charge is 0.270 e. The highest BCUT2D eigenvalue weighted by Crippen LogP contribution is 2.23. The van der Waals surface area contributed by atoms with Crippen molar-refractivity contribution in [3.05, 3.63) is 51.6 Å². The summed E-state index contributed by atoms with van der Waals surface area (Å²) >= 11 is 5.91. The number of rotatable bonds is 6. The number of unbranched alkanes of at least 4 members (excludes halogenated alkanes) is 1. The van der Waals surface area contributed by atoms with Crippen molar-refractivity contribution in [2.24, 2.45) is 0 Å². The lowest BCUT2D eigenvalue weighted by atomic mass is 10.1. The van der Waals surface area contributed by atoms with Crippen molar-refractivity contribution < 1.29 is 9.72 Å². The van der Waals surface area contributed by atoms with Crippen LogP contribution in [0.5, 0.6) is 0 Å². The first kappa shape index (κ1) is 15.2. The second-order valence-electron chi connectivity index (χ2n) is 4.08. The largest absolute Gasteiger partial charge is 0.342 e. The Morgan fingerprint density at radius 3 is 2.79 bits per heavy atom. The zero-order valence-corrected chi connectivity index (χ0v) is 11.4. The molecule has 19 heavy (non-hydrogen) atoms. The van der Waals surface area contributed by atoms with Gasteiger partial charge >= 0.3 is 0 Å². The molecule has 1 rings (SSSR count). The molecule has 0 radical (unpaired) electrons. The Kier molecular flexibility index (Phi) is 5.51. The number of carbonyl (C=O) groups excluding carboxylic acids is 1. The third-order valence-electron chi connectivity index (χ3n) is 2.64. The van der Waals surface area contributed by atoms with Gasteiger partial charge in [-0.25, -0.2) is 0 Å². The molecule has 0 N–H and O–H groups in total. The van der Waals surface area contributed by atoms with Gasteiger partial charge in [0.2, 0.25) is 0 Å². The summed E-state index contributed by atoms with van der Waals surface area (Å²) in [5, 5.41) is 10.7. The highest BCUT2D eigenvalue weighted by molar-refractivity contribution is 6.34. The van der Waals surface area contributed by atoms with E-state index in [1.807, 2.05) is 0 Å². The summed E-state index contributed by atoms with van der Waals surface area (Å²) in [5.41, 5.74) is 0.143. The van der Waals surface area contributed by atoms with E-state index in [0.717, 1.165) is 12.8 Å². The Bertz CT molecular complexity index is 503. The average molecular weight is 283 g/mol. The van der Waals surface area contributed by atoms with Crippen LogP contribution in [0.3, 0.4) is 0 Å². The molecule has 0 aromatic heterocycles. The first-order valence-corrected chi connectivity index (χ1v) is 6.15. The molecule has 6 heteroatoms. The number of amides is 1. The number of carbonyl (C=O) groups is 1. The van der Waals surface area contributed by atoms with Crippen molar-refractivity contribution >= 4 is 23.2 Å². The highest BCUT2D eigenvalue weighted by atomic mass is 35.5. The van der Waals surface area contributed by atoms with Crippen molar-refractivity contribution in [2.45, 2.75) is 12.8 Å². The number of halogens is 1. The Morgan fingerprint density at radius 1 is 1.58 bits per heavy atom. The fourth-order valence-corrected chi connectivity index (χ4v) is 1.83. The van der Waals surface area contributed by atoms with Crippen LogP contribution in [0, 0.1) is 10.1 Å². The molecule has 0 fully saturated rings. The molecule has 0 aliphatic heterocycles. The highest BCUT2D eigenvalue weighted by Gasteiger charge is 2.17. The van der Waals surface area contributed by atoms with E-state index in [0.29, 0.717) is 6.54 Å². The van der Waals surface area contributed by atoms with Gasteiger partial charge in [-0.05, 0) is 18.9 Å². The van der Waals surface area contributed by atoms with E-state index in [9.17, 15) is 14.9 Å². The quantitative estimate of drug-likeness (QED) is 0.348. The fourth-order valence-electron chi connectivity index (χ4n) is 1.57. The number of benzene rings is 1. The number of hydrogen-bond donors (Lipinski definition) is 0. The lowest BCUT2D eigenvalue weighted by molar-refractivity contribution is -0.384. The van der Waals surface area contributed by atoms with Crippen LogP contribution < -0.4 is 0 Å². The molecule has 1 amide bonds. The Morgan fingerprint density at radius 2 is 2.26 bits per heavy atom. The molecule has 0 saturated carbocycles. The molecular formula is C13H15ClN2O3. The normalized spacial score (nSPS) is 10.0. The number of non-ortho nitro benzene ring substituents is 1. The minimum atomic E-state index is -0.548. The number of nitro groups is 1.